The quantitative estimate of drug-likeness (QED) is 0.152. The largest absolute Gasteiger partial charge is 0.309 e. The average Bonchev–Trinajstić information content (AvgIpc) is 3.87. The number of fused-ring (bicyclic) bond motifs is 6. The van der Waals surface area contributed by atoms with Gasteiger partial charge in [0.1, 0.15) is 0 Å². The zero-order chi connectivity index (χ0) is 41.0. The van der Waals surface area contributed by atoms with Gasteiger partial charge in [-0.05, 0) is 105 Å². The molecule has 12 aromatic rings. The molecule has 0 radical (unpaired) electrons. The lowest BCUT2D eigenvalue weighted by Gasteiger charge is -2.15. The smallest absolute Gasteiger partial charge is 0.0619 e. The van der Waals surface area contributed by atoms with Crippen molar-refractivity contribution in [1.29, 1.82) is 0 Å². The van der Waals surface area contributed by atoms with E-state index in [1.807, 2.05) is 0 Å². The minimum Gasteiger partial charge on any atom is -0.309 e. The second-order valence-electron chi connectivity index (χ2n) is 16.1. The fourth-order valence-electron chi connectivity index (χ4n) is 9.62. The highest BCUT2D eigenvalue weighted by Gasteiger charge is 2.20. The summed E-state index contributed by atoms with van der Waals surface area (Å²) in [5.41, 5.74) is 19.1. The highest BCUT2D eigenvalue weighted by molar-refractivity contribution is 6.16. The van der Waals surface area contributed by atoms with Crippen LogP contribution in [0.5, 0.6) is 0 Å². The first kappa shape index (κ1) is 35.7. The van der Waals surface area contributed by atoms with E-state index in [0.717, 1.165) is 11.4 Å². The number of aromatic nitrogens is 2. The van der Waals surface area contributed by atoms with Crippen LogP contribution in [-0.4, -0.2) is 9.13 Å². The maximum Gasteiger partial charge on any atom is 0.0619 e. The van der Waals surface area contributed by atoms with Crippen molar-refractivity contribution < 1.29 is 0 Å². The van der Waals surface area contributed by atoms with Gasteiger partial charge >= 0.3 is 0 Å². The molecule has 0 aliphatic rings. The number of hydrogen-bond acceptors (Lipinski definition) is 0. The molecule has 0 spiro atoms. The van der Waals surface area contributed by atoms with E-state index in [0.29, 0.717) is 0 Å². The van der Waals surface area contributed by atoms with Crippen molar-refractivity contribution in [2.45, 2.75) is 0 Å². The molecule has 2 heteroatoms. The van der Waals surface area contributed by atoms with E-state index in [9.17, 15) is 0 Å². The monoisotopic (exact) mass is 788 g/mol. The lowest BCUT2D eigenvalue weighted by Crippen LogP contribution is -1.96. The zero-order valence-corrected chi connectivity index (χ0v) is 34.0. The van der Waals surface area contributed by atoms with Crippen LogP contribution in [0.3, 0.4) is 0 Å². The molecule has 0 N–H and O–H groups in total. The van der Waals surface area contributed by atoms with Gasteiger partial charge in [-0.1, -0.05) is 188 Å². The van der Waals surface area contributed by atoms with Crippen LogP contribution in [0.25, 0.3) is 111 Å². The van der Waals surface area contributed by atoms with Gasteiger partial charge in [-0.3, -0.25) is 0 Å². The highest BCUT2D eigenvalue weighted by Crippen LogP contribution is 2.43. The molecular formula is C60H40N2. The Balaban J connectivity index is 1.03. The summed E-state index contributed by atoms with van der Waals surface area (Å²) in [5, 5.41) is 4.94. The van der Waals surface area contributed by atoms with Gasteiger partial charge in [0.2, 0.25) is 0 Å². The summed E-state index contributed by atoms with van der Waals surface area (Å²) in [7, 11) is 0. The number of para-hydroxylation sites is 2. The molecule has 0 aliphatic carbocycles. The highest BCUT2D eigenvalue weighted by atomic mass is 15.0. The third-order valence-corrected chi connectivity index (χ3v) is 12.6. The molecule has 0 unspecified atom stereocenters. The van der Waals surface area contributed by atoms with Gasteiger partial charge in [0.05, 0.1) is 22.1 Å². The van der Waals surface area contributed by atoms with Crippen molar-refractivity contribution in [1.82, 2.24) is 9.13 Å². The summed E-state index contributed by atoms with van der Waals surface area (Å²) in [6, 6.07) is 88.4. The molecule has 2 aromatic heterocycles. The Hall–Kier alpha value is -8.20. The Labute approximate surface area is 360 Å². The first-order chi connectivity index (χ1) is 30.8. The first-order valence-corrected chi connectivity index (χ1v) is 21.3. The predicted octanol–water partition coefficient (Wildman–Crippen LogP) is 16.2. The second-order valence-corrected chi connectivity index (χ2v) is 16.1. The molecular weight excluding hydrogens is 749 g/mol. The van der Waals surface area contributed by atoms with Gasteiger partial charge < -0.3 is 9.13 Å². The lowest BCUT2D eigenvalue weighted by atomic mass is 9.93. The van der Waals surface area contributed by atoms with Crippen molar-refractivity contribution in [3.63, 3.8) is 0 Å². The molecule has 0 saturated carbocycles. The van der Waals surface area contributed by atoms with Gasteiger partial charge in [-0.15, -0.1) is 0 Å². The number of nitrogens with zero attached hydrogens (tertiary/aromatic N) is 2. The van der Waals surface area contributed by atoms with Crippen molar-refractivity contribution in [3.8, 4) is 67.0 Å². The Morgan fingerprint density at radius 3 is 1.23 bits per heavy atom. The molecule has 0 saturated heterocycles. The molecule has 10 aromatic carbocycles. The van der Waals surface area contributed by atoms with Gasteiger partial charge in [0.25, 0.3) is 0 Å². The lowest BCUT2D eigenvalue weighted by molar-refractivity contribution is 1.18. The maximum atomic E-state index is 2.47. The van der Waals surface area contributed by atoms with Crippen LogP contribution >= 0.6 is 0 Å². The second kappa shape index (κ2) is 14.8. The first-order valence-electron chi connectivity index (χ1n) is 21.3. The minimum absolute atomic E-state index is 1.13. The molecule has 2 heterocycles. The average molecular weight is 789 g/mol. The van der Waals surface area contributed by atoms with Crippen molar-refractivity contribution in [2.75, 3.05) is 0 Å². The van der Waals surface area contributed by atoms with Crippen molar-refractivity contribution >= 4 is 43.6 Å². The summed E-state index contributed by atoms with van der Waals surface area (Å²) < 4.78 is 4.87. The van der Waals surface area contributed by atoms with E-state index < -0.39 is 0 Å². The summed E-state index contributed by atoms with van der Waals surface area (Å²) >= 11 is 0. The van der Waals surface area contributed by atoms with Crippen LogP contribution < -0.4 is 0 Å². The Kier molecular flexibility index (Phi) is 8.53. The van der Waals surface area contributed by atoms with Crippen LogP contribution in [0.4, 0.5) is 0 Å². The van der Waals surface area contributed by atoms with E-state index >= 15 is 0 Å². The molecule has 2 nitrogen and oxygen atoms in total. The Morgan fingerprint density at radius 2 is 0.613 bits per heavy atom. The van der Waals surface area contributed by atoms with Crippen LogP contribution in [0.2, 0.25) is 0 Å². The van der Waals surface area contributed by atoms with Gasteiger partial charge in [-0.25, -0.2) is 0 Å². The fraction of sp³-hybridized carbons (Fsp3) is 0. The van der Waals surface area contributed by atoms with Crippen LogP contribution in [0.15, 0.2) is 243 Å². The van der Waals surface area contributed by atoms with Gasteiger partial charge in [0.15, 0.2) is 0 Å². The maximum absolute atomic E-state index is 2.47. The fourth-order valence-corrected chi connectivity index (χ4v) is 9.62. The molecule has 12 rings (SSSR count). The molecule has 0 fully saturated rings. The van der Waals surface area contributed by atoms with Crippen LogP contribution in [-0.2, 0) is 0 Å². The van der Waals surface area contributed by atoms with Gasteiger partial charge in [-0.2, -0.15) is 0 Å². The molecule has 290 valence electrons. The van der Waals surface area contributed by atoms with E-state index in [2.05, 4.69) is 252 Å². The van der Waals surface area contributed by atoms with E-state index in [1.165, 1.54) is 99.2 Å². The molecule has 0 aliphatic heterocycles. The Bertz CT molecular complexity index is 3580. The summed E-state index contributed by atoms with van der Waals surface area (Å²) in [4.78, 5) is 0. The summed E-state index contributed by atoms with van der Waals surface area (Å²) in [6.45, 7) is 0. The zero-order valence-electron chi connectivity index (χ0n) is 34.0. The van der Waals surface area contributed by atoms with Crippen LogP contribution in [0.1, 0.15) is 0 Å². The normalized spacial score (nSPS) is 11.5. The molecule has 0 bridgehead atoms. The summed E-state index contributed by atoms with van der Waals surface area (Å²) in [5.74, 6) is 0. The number of benzene rings is 10. The summed E-state index contributed by atoms with van der Waals surface area (Å²) in [6.07, 6.45) is 0. The molecule has 0 atom stereocenters. The van der Waals surface area contributed by atoms with E-state index in [1.54, 1.807) is 0 Å². The molecule has 62 heavy (non-hydrogen) atoms. The van der Waals surface area contributed by atoms with Crippen molar-refractivity contribution in [3.05, 3.63) is 243 Å². The predicted molar refractivity (Wildman–Crippen MR) is 262 cm³/mol. The third-order valence-electron chi connectivity index (χ3n) is 12.6. The molecule has 0 amide bonds. The topological polar surface area (TPSA) is 9.86 Å². The van der Waals surface area contributed by atoms with E-state index in [-0.39, 0.29) is 0 Å². The van der Waals surface area contributed by atoms with Gasteiger partial charge in [0, 0.05) is 38.5 Å². The minimum atomic E-state index is 1.13. The van der Waals surface area contributed by atoms with E-state index in [4.69, 9.17) is 0 Å². The van der Waals surface area contributed by atoms with Crippen LogP contribution in [0, 0.1) is 0 Å². The number of hydrogen-bond donors (Lipinski definition) is 0. The standard InChI is InChI=1S/C60H40N2/c1-4-15-41(16-5-1)43-27-33-48(34-28-43)61-57-26-13-12-23-52(57)55-39-46(31-37-58(55)61)47-32-38-59-56(40-47)54-25-14-24-53(51-22-11-10-21-50(51)45-19-8-3-9-20-45)60(54)62(59)49-35-29-44(30-36-49)42-17-6-2-7-18-42/h1-40H. The van der Waals surface area contributed by atoms with Crippen molar-refractivity contribution in [2.24, 2.45) is 0 Å². The Morgan fingerprint density at radius 1 is 0.210 bits per heavy atom. The number of rotatable bonds is 7. The third kappa shape index (κ3) is 5.96. The SMILES string of the molecule is c1ccc(-c2ccc(-n3c4ccccc4c4cc(-c5ccc6c(c5)c5cccc(-c7ccccc7-c7ccccc7)c5n6-c5ccc(-c6ccccc6)cc5)ccc43)cc2)cc1.